The number of piperidine rings is 1. The van der Waals surface area contributed by atoms with Crippen LogP contribution in [0.1, 0.15) is 24.1 Å². The number of nitrogens with zero attached hydrogens (tertiary/aromatic N) is 9. The number of carbonyl (C=O) groups is 2. The van der Waals surface area contributed by atoms with E-state index in [2.05, 4.69) is 25.0 Å². The second-order valence-corrected chi connectivity index (χ2v) is 10.2. The van der Waals surface area contributed by atoms with E-state index < -0.39 is 66.3 Å². The van der Waals surface area contributed by atoms with Gasteiger partial charge in [-0.25, -0.2) is 51.9 Å². The molecule has 230 valence electrons. The summed E-state index contributed by atoms with van der Waals surface area (Å²) < 4.78 is 94.2. The summed E-state index contributed by atoms with van der Waals surface area (Å²) in [7, 11) is 0. The molecule has 2 aliphatic rings. The standard InChI is InChI=1S/C26H20F7N9O2/c27-15-5-14(6-16(28)7-15)12-40-24(44)42(20-10-35-18(9-36-20)26(31,32)33)23(43)25(40)1-3-39(4-2-25)21-11-34-17-8-37-41(13-19(29)30)22(17)38-21/h5-11,19H,1-4,12-13H2. The molecule has 1 spiro atoms. The predicted octanol–water partition coefficient (Wildman–Crippen LogP) is 4.19. The first-order chi connectivity index (χ1) is 20.9. The fraction of sp³-hybridized carbons (Fsp3) is 0.346. The summed E-state index contributed by atoms with van der Waals surface area (Å²) in [5, 5.41) is 3.89. The lowest BCUT2D eigenvalue weighted by Gasteiger charge is -2.42. The van der Waals surface area contributed by atoms with Crippen LogP contribution < -0.4 is 9.80 Å². The summed E-state index contributed by atoms with van der Waals surface area (Å²) in [5.74, 6) is -2.78. The molecule has 0 radical (unpaired) electrons. The number of amides is 3. The molecule has 0 aliphatic carbocycles. The van der Waals surface area contributed by atoms with Gasteiger partial charge in [0.2, 0.25) is 0 Å². The highest BCUT2D eigenvalue weighted by Gasteiger charge is 2.59. The molecule has 5 heterocycles. The molecule has 0 unspecified atom stereocenters. The second-order valence-electron chi connectivity index (χ2n) is 10.2. The average Bonchev–Trinajstić information content (AvgIpc) is 3.44. The first kappa shape index (κ1) is 29.2. The van der Waals surface area contributed by atoms with Gasteiger partial charge in [0.1, 0.15) is 35.1 Å². The summed E-state index contributed by atoms with van der Waals surface area (Å²) in [6.07, 6.45) is -3.80. The minimum Gasteiger partial charge on any atom is -0.355 e. The summed E-state index contributed by atoms with van der Waals surface area (Å²) in [6, 6.07) is 1.68. The third-order valence-electron chi connectivity index (χ3n) is 7.52. The van der Waals surface area contributed by atoms with E-state index >= 15 is 0 Å². The van der Waals surface area contributed by atoms with Crippen LogP contribution in [0.3, 0.4) is 0 Å². The van der Waals surface area contributed by atoms with Crippen LogP contribution in [0.25, 0.3) is 11.2 Å². The van der Waals surface area contributed by atoms with Gasteiger partial charge in [0.15, 0.2) is 17.2 Å². The highest BCUT2D eigenvalue weighted by molar-refractivity contribution is 6.22. The number of rotatable bonds is 6. The van der Waals surface area contributed by atoms with Crippen LogP contribution in [0.15, 0.2) is 43.0 Å². The average molecular weight is 623 g/mol. The highest BCUT2D eigenvalue weighted by atomic mass is 19.4. The third-order valence-corrected chi connectivity index (χ3v) is 7.52. The van der Waals surface area contributed by atoms with E-state index in [9.17, 15) is 40.3 Å². The van der Waals surface area contributed by atoms with Crippen molar-refractivity contribution in [1.29, 1.82) is 0 Å². The monoisotopic (exact) mass is 623 g/mol. The van der Waals surface area contributed by atoms with Crippen molar-refractivity contribution in [2.45, 2.75) is 44.1 Å². The van der Waals surface area contributed by atoms with Crippen molar-refractivity contribution < 1.29 is 40.3 Å². The lowest BCUT2D eigenvalue weighted by Crippen LogP contribution is -2.56. The zero-order valence-corrected chi connectivity index (χ0v) is 22.3. The van der Waals surface area contributed by atoms with Gasteiger partial charge < -0.3 is 9.80 Å². The van der Waals surface area contributed by atoms with Crippen molar-refractivity contribution >= 4 is 34.7 Å². The molecule has 2 aliphatic heterocycles. The zero-order chi connectivity index (χ0) is 31.4. The fourth-order valence-corrected chi connectivity index (χ4v) is 5.45. The van der Waals surface area contributed by atoms with E-state index in [-0.39, 0.29) is 37.1 Å². The number of hydrogen-bond acceptors (Lipinski definition) is 8. The van der Waals surface area contributed by atoms with Gasteiger partial charge in [0.05, 0.1) is 24.8 Å². The Morgan fingerprint density at radius 3 is 2.18 bits per heavy atom. The van der Waals surface area contributed by atoms with Crippen molar-refractivity contribution in [2.75, 3.05) is 22.9 Å². The number of imide groups is 1. The van der Waals surface area contributed by atoms with Crippen LogP contribution in [0.2, 0.25) is 0 Å². The molecule has 0 N–H and O–H groups in total. The van der Waals surface area contributed by atoms with Crippen LogP contribution in [-0.2, 0) is 24.1 Å². The van der Waals surface area contributed by atoms with Crippen LogP contribution in [0.4, 0.5) is 47.2 Å². The maximum Gasteiger partial charge on any atom is 0.434 e. The maximum atomic E-state index is 14.0. The number of halogens is 7. The Hall–Kier alpha value is -4.90. The van der Waals surface area contributed by atoms with E-state index in [0.29, 0.717) is 34.7 Å². The van der Waals surface area contributed by atoms with Crippen LogP contribution in [-0.4, -0.2) is 71.6 Å². The molecule has 2 saturated heterocycles. The molecule has 1 aromatic carbocycles. The molecule has 0 saturated carbocycles. The van der Waals surface area contributed by atoms with Crippen molar-refractivity contribution in [3.63, 3.8) is 0 Å². The molecule has 44 heavy (non-hydrogen) atoms. The van der Waals surface area contributed by atoms with Gasteiger partial charge in [-0.2, -0.15) is 18.3 Å². The second kappa shape index (κ2) is 10.7. The topological polar surface area (TPSA) is 113 Å². The van der Waals surface area contributed by atoms with Gasteiger partial charge >= 0.3 is 12.2 Å². The number of fused-ring (bicyclic) bond motifs is 1. The normalized spacial score (nSPS) is 17.1. The summed E-state index contributed by atoms with van der Waals surface area (Å²) >= 11 is 0. The lowest BCUT2D eigenvalue weighted by molar-refractivity contribution is -0.141. The highest BCUT2D eigenvalue weighted by Crippen LogP contribution is 2.41. The molecule has 3 aromatic heterocycles. The molecule has 0 bridgehead atoms. The van der Waals surface area contributed by atoms with Gasteiger partial charge in [0, 0.05) is 25.7 Å². The molecule has 4 aromatic rings. The van der Waals surface area contributed by atoms with E-state index in [1.54, 1.807) is 4.90 Å². The van der Waals surface area contributed by atoms with Crippen molar-refractivity contribution in [3.8, 4) is 0 Å². The van der Waals surface area contributed by atoms with Gasteiger partial charge in [0.25, 0.3) is 12.3 Å². The molecule has 6 rings (SSSR count). The first-order valence-electron chi connectivity index (χ1n) is 13.1. The van der Waals surface area contributed by atoms with Crippen LogP contribution in [0.5, 0.6) is 0 Å². The summed E-state index contributed by atoms with van der Waals surface area (Å²) in [6.45, 7) is -0.895. The Bertz CT molecular complexity index is 1720. The van der Waals surface area contributed by atoms with E-state index in [1.165, 1.54) is 12.4 Å². The number of aromatic nitrogens is 6. The molecular weight excluding hydrogens is 603 g/mol. The number of hydrogen-bond donors (Lipinski definition) is 0. The Morgan fingerprint density at radius 1 is 0.886 bits per heavy atom. The zero-order valence-electron chi connectivity index (χ0n) is 22.3. The minimum absolute atomic E-state index is 0.0318. The van der Waals surface area contributed by atoms with E-state index in [1.807, 2.05) is 0 Å². The number of anilines is 2. The van der Waals surface area contributed by atoms with Crippen molar-refractivity contribution in [3.05, 3.63) is 65.9 Å². The third kappa shape index (κ3) is 5.13. The number of urea groups is 1. The van der Waals surface area contributed by atoms with Crippen molar-refractivity contribution in [2.24, 2.45) is 0 Å². The minimum atomic E-state index is -4.81. The Kier molecular flexibility index (Phi) is 7.08. The summed E-state index contributed by atoms with van der Waals surface area (Å²) in [4.78, 5) is 46.7. The molecule has 18 heteroatoms. The number of benzene rings is 1. The van der Waals surface area contributed by atoms with Crippen LogP contribution >= 0.6 is 0 Å². The molecule has 2 fully saturated rings. The van der Waals surface area contributed by atoms with Crippen LogP contribution in [0, 0.1) is 11.6 Å². The molecular formula is C26H20F7N9O2. The quantitative estimate of drug-likeness (QED) is 0.232. The first-order valence-corrected chi connectivity index (χ1v) is 13.1. The van der Waals surface area contributed by atoms with Gasteiger partial charge in [-0.05, 0) is 30.5 Å². The molecule has 3 amide bonds. The Labute approximate surface area is 242 Å². The fourth-order valence-electron chi connectivity index (χ4n) is 5.45. The SMILES string of the molecule is O=C1N(c2cnc(C(F)(F)F)cn2)C(=O)C2(CCN(c3cnc4cnn(CC(F)F)c4n3)CC2)N1Cc1cc(F)cc(F)c1. The number of alkyl halides is 5. The summed E-state index contributed by atoms with van der Waals surface area (Å²) in [5.41, 5.74) is -2.45. The van der Waals surface area contributed by atoms with E-state index in [0.717, 1.165) is 21.7 Å². The van der Waals surface area contributed by atoms with Gasteiger partial charge in [-0.3, -0.25) is 4.79 Å². The Balaban J connectivity index is 1.32. The smallest absolute Gasteiger partial charge is 0.355 e. The number of carbonyl (C=O) groups excluding carboxylic acids is 2. The maximum absolute atomic E-state index is 14.0. The molecule has 0 atom stereocenters. The predicted molar refractivity (Wildman–Crippen MR) is 137 cm³/mol. The largest absolute Gasteiger partial charge is 0.434 e. The van der Waals surface area contributed by atoms with Gasteiger partial charge in [-0.15, -0.1) is 0 Å². The lowest BCUT2D eigenvalue weighted by atomic mass is 9.85. The Morgan fingerprint density at radius 2 is 1.57 bits per heavy atom. The van der Waals surface area contributed by atoms with E-state index in [4.69, 9.17) is 0 Å². The van der Waals surface area contributed by atoms with Crippen molar-refractivity contribution in [1.82, 2.24) is 34.6 Å². The van der Waals surface area contributed by atoms with Gasteiger partial charge in [-0.1, -0.05) is 0 Å². The molecule has 11 nitrogen and oxygen atoms in total.